The zero-order valence-electron chi connectivity index (χ0n) is 15.9. The lowest BCUT2D eigenvalue weighted by molar-refractivity contribution is -0.137. The van der Waals surface area contributed by atoms with Crippen molar-refractivity contribution in [1.29, 1.82) is 0 Å². The van der Waals surface area contributed by atoms with Crippen molar-refractivity contribution in [2.45, 2.75) is 43.9 Å². The zero-order valence-corrected chi connectivity index (χ0v) is 15.9. The van der Waals surface area contributed by atoms with Crippen molar-refractivity contribution in [3.8, 4) is 5.69 Å². The third-order valence-corrected chi connectivity index (χ3v) is 6.15. The number of nitrogens with zero attached hydrogens (tertiary/aromatic N) is 4. The van der Waals surface area contributed by atoms with Gasteiger partial charge in [-0.1, -0.05) is 0 Å². The molecular formula is C20H23F3N4O2. The van der Waals surface area contributed by atoms with Crippen LogP contribution >= 0.6 is 0 Å². The number of piperidine rings is 1. The Hall–Kier alpha value is -2.55. The van der Waals surface area contributed by atoms with E-state index < -0.39 is 17.8 Å². The van der Waals surface area contributed by atoms with Crippen molar-refractivity contribution in [3.63, 3.8) is 0 Å². The first-order valence-corrected chi connectivity index (χ1v) is 9.71. The summed E-state index contributed by atoms with van der Waals surface area (Å²) in [7, 11) is 0. The van der Waals surface area contributed by atoms with E-state index in [4.69, 9.17) is 0 Å². The molecule has 6 nitrogen and oxygen atoms in total. The van der Waals surface area contributed by atoms with Crippen LogP contribution in [0.2, 0.25) is 0 Å². The molecule has 0 aliphatic carbocycles. The topological polar surface area (TPSA) is 61.6 Å². The predicted octanol–water partition coefficient (Wildman–Crippen LogP) is 4.00. The molecule has 1 N–H and O–H groups in total. The van der Waals surface area contributed by atoms with Crippen molar-refractivity contribution in [1.82, 2.24) is 19.6 Å². The van der Waals surface area contributed by atoms with Gasteiger partial charge in [-0.25, -0.2) is 9.48 Å². The van der Waals surface area contributed by atoms with Crippen LogP contribution in [0.3, 0.4) is 0 Å². The average Bonchev–Trinajstić information content (AvgIpc) is 3.33. The Morgan fingerprint density at radius 3 is 2.52 bits per heavy atom. The second-order valence-corrected chi connectivity index (χ2v) is 7.86. The third-order valence-electron chi connectivity index (χ3n) is 6.15. The molecule has 0 bridgehead atoms. The highest BCUT2D eigenvalue weighted by atomic mass is 19.4. The number of carboxylic acid groups (broad SMARTS) is 1. The first kappa shape index (κ1) is 19.8. The molecule has 1 amide bonds. The van der Waals surface area contributed by atoms with E-state index in [0.29, 0.717) is 43.7 Å². The van der Waals surface area contributed by atoms with Crippen molar-refractivity contribution in [2.24, 2.45) is 0 Å². The number of likely N-dealkylation sites (tertiary alicyclic amines) is 2. The largest absolute Gasteiger partial charge is 0.465 e. The Bertz CT molecular complexity index is 874. The Kier molecular flexibility index (Phi) is 5.02. The second-order valence-electron chi connectivity index (χ2n) is 7.86. The summed E-state index contributed by atoms with van der Waals surface area (Å²) in [5.41, 5.74) is 0.155. The van der Waals surface area contributed by atoms with Crippen molar-refractivity contribution < 1.29 is 23.1 Å². The maximum atomic E-state index is 13.5. The summed E-state index contributed by atoms with van der Waals surface area (Å²) in [5, 5.41) is 13.3. The molecule has 1 aromatic carbocycles. The Morgan fingerprint density at radius 2 is 1.90 bits per heavy atom. The number of amides is 1. The lowest BCUT2D eigenvalue weighted by Crippen LogP contribution is -2.52. The molecule has 2 fully saturated rings. The molecule has 2 saturated heterocycles. The van der Waals surface area contributed by atoms with E-state index in [1.54, 1.807) is 18.3 Å². The van der Waals surface area contributed by atoms with Gasteiger partial charge in [0.15, 0.2) is 0 Å². The minimum absolute atomic E-state index is 0.133. The smallest absolute Gasteiger partial charge is 0.416 e. The molecule has 0 atom stereocenters. The number of carbonyl (C=O) groups is 1. The van der Waals surface area contributed by atoms with Crippen molar-refractivity contribution in [2.75, 3.05) is 19.6 Å². The standard InChI is InChI=1S/C20H23F3N4O2/c21-20(22,23)16-11-15(12-17(13-16)27-8-2-6-24-27)14-26-7-1-3-19(26)4-9-25(10-5-19)18(28)29/h2,6,8,11-13H,1,3-5,7,9-10,14H2,(H,28,29). The van der Waals surface area contributed by atoms with E-state index in [0.717, 1.165) is 25.5 Å². The summed E-state index contributed by atoms with van der Waals surface area (Å²) in [6.45, 7) is 2.14. The predicted molar refractivity (Wildman–Crippen MR) is 99.8 cm³/mol. The molecule has 0 saturated carbocycles. The Labute approximate surface area is 166 Å². The van der Waals surface area contributed by atoms with Gasteiger partial charge < -0.3 is 10.0 Å². The van der Waals surface area contributed by atoms with Crippen LogP contribution < -0.4 is 0 Å². The molecule has 2 aliphatic heterocycles. The SMILES string of the molecule is O=C(O)N1CCC2(CCCN2Cc2cc(-n3cccn3)cc(C(F)(F)F)c2)CC1. The lowest BCUT2D eigenvalue weighted by Gasteiger charge is -2.44. The summed E-state index contributed by atoms with van der Waals surface area (Å²) in [4.78, 5) is 14.9. The third kappa shape index (κ3) is 3.96. The molecule has 1 spiro atoms. The van der Waals surface area contributed by atoms with Crippen LogP contribution in [0, 0.1) is 0 Å². The fourth-order valence-corrected chi connectivity index (χ4v) is 4.62. The monoisotopic (exact) mass is 408 g/mol. The van der Waals surface area contributed by atoms with Gasteiger partial charge in [0.2, 0.25) is 0 Å². The minimum Gasteiger partial charge on any atom is -0.465 e. The number of rotatable bonds is 3. The van der Waals surface area contributed by atoms with Crippen LogP contribution in [0.4, 0.5) is 18.0 Å². The highest BCUT2D eigenvalue weighted by Crippen LogP contribution is 2.40. The quantitative estimate of drug-likeness (QED) is 0.834. The van der Waals surface area contributed by atoms with Crippen LogP contribution in [0.1, 0.15) is 36.8 Å². The Balaban J connectivity index is 1.60. The fourth-order valence-electron chi connectivity index (χ4n) is 4.62. The number of aromatic nitrogens is 2. The lowest BCUT2D eigenvalue weighted by atomic mass is 9.85. The first-order valence-electron chi connectivity index (χ1n) is 9.71. The summed E-state index contributed by atoms with van der Waals surface area (Å²) >= 11 is 0. The molecule has 3 heterocycles. The van der Waals surface area contributed by atoms with E-state index in [-0.39, 0.29) is 5.54 Å². The highest BCUT2D eigenvalue weighted by molar-refractivity contribution is 5.65. The van der Waals surface area contributed by atoms with Crippen LogP contribution in [-0.2, 0) is 12.7 Å². The van der Waals surface area contributed by atoms with Gasteiger partial charge in [0.1, 0.15) is 0 Å². The number of alkyl halides is 3. The summed E-state index contributed by atoms with van der Waals surface area (Å²) in [6.07, 6.45) is 1.15. The van der Waals surface area contributed by atoms with Crippen LogP contribution in [-0.4, -0.2) is 56.0 Å². The molecule has 0 radical (unpaired) electrons. The van der Waals surface area contributed by atoms with Crippen LogP contribution in [0.5, 0.6) is 0 Å². The molecule has 2 aromatic rings. The van der Waals surface area contributed by atoms with Crippen molar-refractivity contribution >= 4 is 6.09 Å². The van der Waals surface area contributed by atoms with E-state index in [9.17, 15) is 23.1 Å². The molecule has 29 heavy (non-hydrogen) atoms. The molecule has 0 unspecified atom stereocenters. The molecule has 2 aliphatic rings. The maximum absolute atomic E-state index is 13.5. The molecule has 9 heteroatoms. The van der Waals surface area contributed by atoms with Gasteiger partial charge >= 0.3 is 12.3 Å². The van der Waals surface area contributed by atoms with Gasteiger partial charge in [-0.05, 0) is 62.1 Å². The van der Waals surface area contributed by atoms with Gasteiger partial charge in [0, 0.05) is 37.6 Å². The minimum atomic E-state index is -4.44. The molecule has 1 aromatic heterocycles. The normalized spacial score (nSPS) is 19.8. The zero-order chi connectivity index (χ0) is 20.6. The van der Waals surface area contributed by atoms with Crippen LogP contribution in [0.15, 0.2) is 36.7 Å². The van der Waals surface area contributed by atoms with E-state index in [2.05, 4.69) is 10.00 Å². The molecule has 156 valence electrons. The van der Waals surface area contributed by atoms with Gasteiger partial charge in [-0.2, -0.15) is 18.3 Å². The van der Waals surface area contributed by atoms with Gasteiger partial charge in [-0.3, -0.25) is 4.90 Å². The number of hydrogen-bond donors (Lipinski definition) is 1. The number of hydrogen-bond acceptors (Lipinski definition) is 3. The van der Waals surface area contributed by atoms with E-state index >= 15 is 0 Å². The van der Waals surface area contributed by atoms with E-state index in [1.165, 1.54) is 21.8 Å². The second kappa shape index (κ2) is 7.37. The molecule has 4 rings (SSSR count). The van der Waals surface area contributed by atoms with Crippen molar-refractivity contribution in [3.05, 3.63) is 47.8 Å². The number of benzene rings is 1. The Morgan fingerprint density at radius 1 is 1.14 bits per heavy atom. The summed E-state index contributed by atoms with van der Waals surface area (Å²) in [6, 6.07) is 5.75. The first-order chi connectivity index (χ1) is 13.8. The van der Waals surface area contributed by atoms with Gasteiger partial charge in [0.25, 0.3) is 0 Å². The fraction of sp³-hybridized carbons (Fsp3) is 0.500. The average molecular weight is 408 g/mol. The van der Waals surface area contributed by atoms with E-state index in [1.807, 2.05) is 0 Å². The van der Waals surface area contributed by atoms with Gasteiger partial charge in [0.05, 0.1) is 11.3 Å². The van der Waals surface area contributed by atoms with Gasteiger partial charge in [-0.15, -0.1) is 0 Å². The summed E-state index contributed by atoms with van der Waals surface area (Å²) < 4.78 is 41.8. The highest BCUT2D eigenvalue weighted by Gasteiger charge is 2.43. The molecular weight excluding hydrogens is 385 g/mol. The van der Waals surface area contributed by atoms with Crippen LogP contribution in [0.25, 0.3) is 5.69 Å². The number of halogens is 3. The maximum Gasteiger partial charge on any atom is 0.416 e. The summed E-state index contributed by atoms with van der Waals surface area (Å²) in [5.74, 6) is 0.